The van der Waals surface area contributed by atoms with E-state index < -0.39 is 29.2 Å². The number of β-lactam (4-membered cyclic amide) rings is 1. The van der Waals surface area contributed by atoms with Gasteiger partial charge in [-0.3, -0.25) is 14.5 Å². The van der Waals surface area contributed by atoms with Crippen LogP contribution in [0.15, 0.2) is 51.2 Å². The van der Waals surface area contributed by atoms with Crippen LogP contribution in [0.5, 0.6) is 0 Å². The van der Waals surface area contributed by atoms with Gasteiger partial charge >= 0.3 is 11.1 Å². The van der Waals surface area contributed by atoms with Crippen molar-refractivity contribution in [2.75, 3.05) is 35.3 Å². The van der Waals surface area contributed by atoms with Crippen molar-refractivity contribution in [3.05, 3.63) is 57.7 Å². The Morgan fingerprint density at radius 2 is 2.02 bits per heavy atom. The number of carboxylic acid groups (broad SMARTS) is 1. The highest BCUT2D eigenvalue weighted by atomic mass is 32.2. The number of fused-ring (bicyclic) bond motifs is 1. The molecular weight excluding hydrogens is 627 g/mol. The van der Waals surface area contributed by atoms with Crippen LogP contribution < -0.4 is 27.1 Å². The number of oxime groups is 1. The van der Waals surface area contributed by atoms with Gasteiger partial charge in [-0.1, -0.05) is 27.8 Å². The van der Waals surface area contributed by atoms with Crippen molar-refractivity contribution >= 4 is 75.1 Å². The SMILES string of the molecule is CCO/N=C(\C(=O)NC1C(=O)N2C(C(=O)O)=C(CSc3nc(N)cc(N)[n+]3-c3ccc(C)cc3C)CS[C@H]12)c1csc(N)n1. The number of thiazole rings is 1. The molecule has 1 aromatic carbocycles. The molecule has 2 aliphatic heterocycles. The standard InChI is InChI=1S/C27H29N9O5S3/c1-4-41-34-19(15-11-43-26(30)31-15)22(37)33-20-23(38)36-21(25(39)40)14(9-42-24(20)36)10-44-27-32-17(28)8-18(29)35(27)16-6-5-12(2)7-13(16)3/h5-8,11,20,24H,4,9-10H2,1-3H3,(H7,28,29,30,31,33,37,39,40)/p+1/b34-19-/t20?,24-/m1/s1. The molecule has 2 amide bonds. The largest absolute Gasteiger partial charge is 0.477 e. The van der Waals surface area contributed by atoms with Crippen LogP contribution in [-0.2, 0) is 19.2 Å². The van der Waals surface area contributed by atoms with Crippen molar-refractivity contribution in [3.8, 4) is 5.69 Å². The molecule has 230 valence electrons. The van der Waals surface area contributed by atoms with Gasteiger partial charge in [-0.25, -0.2) is 9.78 Å². The summed E-state index contributed by atoms with van der Waals surface area (Å²) in [5.74, 6) is -1.38. The number of nitrogens with two attached hydrogens (primary N) is 3. The number of anilines is 3. The second kappa shape index (κ2) is 12.7. The zero-order valence-corrected chi connectivity index (χ0v) is 26.4. The van der Waals surface area contributed by atoms with Gasteiger partial charge in [0, 0.05) is 16.9 Å². The highest BCUT2D eigenvalue weighted by molar-refractivity contribution is 8.01. The smallest absolute Gasteiger partial charge is 0.352 e. The van der Waals surface area contributed by atoms with E-state index in [4.69, 9.17) is 22.0 Å². The van der Waals surface area contributed by atoms with Gasteiger partial charge in [0.2, 0.25) is 11.6 Å². The van der Waals surface area contributed by atoms with Crippen molar-refractivity contribution in [1.82, 2.24) is 20.2 Å². The van der Waals surface area contributed by atoms with Crippen molar-refractivity contribution in [1.29, 1.82) is 0 Å². The number of amides is 2. The first-order valence-corrected chi connectivity index (χ1v) is 16.2. The molecule has 2 aliphatic rings. The van der Waals surface area contributed by atoms with E-state index in [-0.39, 0.29) is 40.4 Å². The lowest BCUT2D eigenvalue weighted by Gasteiger charge is -2.49. The molecule has 4 heterocycles. The third-order valence-electron chi connectivity index (χ3n) is 6.74. The first-order valence-electron chi connectivity index (χ1n) is 13.3. The maximum atomic E-state index is 13.3. The number of aromatic nitrogens is 3. The van der Waals surface area contributed by atoms with Crippen molar-refractivity contribution in [2.24, 2.45) is 5.16 Å². The maximum absolute atomic E-state index is 13.3. The molecular formula is C27H30N9O5S3+. The average molecular weight is 657 g/mol. The summed E-state index contributed by atoms with van der Waals surface area (Å²) < 4.78 is 1.77. The van der Waals surface area contributed by atoms with Crippen LogP contribution in [0.3, 0.4) is 0 Å². The predicted octanol–water partition coefficient (Wildman–Crippen LogP) is 1.45. The molecule has 5 rings (SSSR count). The highest BCUT2D eigenvalue weighted by Crippen LogP contribution is 2.41. The minimum atomic E-state index is -1.25. The van der Waals surface area contributed by atoms with Gasteiger partial charge in [0.25, 0.3) is 11.8 Å². The molecule has 1 unspecified atom stereocenters. The lowest BCUT2D eigenvalue weighted by molar-refractivity contribution is -0.626. The number of nitrogens with zero attached hydrogens (tertiary/aromatic N) is 5. The zero-order chi connectivity index (χ0) is 31.7. The summed E-state index contributed by atoms with van der Waals surface area (Å²) in [6, 6.07) is 6.52. The molecule has 0 radical (unpaired) electrons. The maximum Gasteiger partial charge on any atom is 0.352 e. The van der Waals surface area contributed by atoms with Crippen LogP contribution in [0.25, 0.3) is 5.69 Å². The van der Waals surface area contributed by atoms with Gasteiger partial charge in [-0.05, 0) is 49.7 Å². The summed E-state index contributed by atoms with van der Waals surface area (Å²) in [6.45, 7) is 5.87. The van der Waals surface area contributed by atoms with Crippen LogP contribution >= 0.6 is 34.9 Å². The topological polar surface area (TPSA) is 216 Å². The van der Waals surface area contributed by atoms with Gasteiger partial charge in [0.05, 0.1) is 6.07 Å². The summed E-state index contributed by atoms with van der Waals surface area (Å²) in [4.78, 5) is 53.7. The van der Waals surface area contributed by atoms with E-state index in [0.29, 0.717) is 22.3 Å². The first-order chi connectivity index (χ1) is 21.0. The summed E-state index contributed by atoms with van der Waals surface area (Å²) in [6.07, 6.45) is 0. The number of aryl methyl sites for hydroxylation is 2. The lowest BCUT2D eigenvalue weighted by Crippen LogP contribution is -2.71. The van der Waals surface area contributed by atoms with E-state index in [1.807, 2.05) is 32.0 Å². The second-order valence-corrected chi connectivity index (χ2v) is 12.8. The van der Waals surface area contributed by atoms with Gasteiger partial charge in [0.15, 0.2) is 10.8 Å². The Morgan fingerprint density at radius 3 is 2.68 bits per heavy atom. The Labute approximate surface area is 264 Å². The minimum Gasteiger partial charge on any atom is -0.477 e. The molecule has 44 heavy (non-hydrogen) atoms. The fourth-order valence-corrected chi connectivity index (χ4v) is 7.87. The third kappa shape index (κ3) is 6.02. The van der Waals surface area contributed by atoms with E-state index in [2.05, 4.69) is 20.4 Å². The van der Waals surface area contributed by atoms with E-state index in [0.717, 1.165) is 28.2 Å². The van der Waals surface area contributed by atoms with Crippen molar-refractivity contribution in [2.45, 2.75) is 37.3 Å². The van der Waals surface area contributed by atoms with Crippen LogP contribution in [0.2, 0.25) is 0 Å². The van der Waals surface area contributed by atoms with Gasteiger partial charge in [-0.2, -0.15) is 4.57 Å². The highest BCUT2D eigenvalue weighted by Gasteiger charge is 2.54. The van der Waals surface area contributed by atoms with E-state index >= 15 is 0 Å². The molecule has 3 aromatic rings. The number of thioether (sulfide) groups is 2. The van der Waals surface area contributed by atoms with Crippen LogP contribution in [0.1, 0.15) is 23.7 Å². The Morgan fingerprint density at radius 1 is 1.25 bits per heavy atom. The number of hydrogen-bond donors (Lipinski definition) is 5. The number of nitrogens with one attached hydrogen (secondary N) is 1. The number of carbonyl (C=O) groups excluding carboxylic acids is 2. The van der Waals surface area contributed by atoms with Gasteiger partial charge in [-0.15, -0.1) is 23.1 Å². The van der Waals surface area contributed by atoms with Crippen LogP contribution in [0.4, 0.5) is 16.8 Å². The van der Waals surface area contributed by atoms with Gasteiger partial charge in [0.1, 0.15) is 35.1 Å². The fourth-order valence-electron chi connectivity index (χ4n) is 4.80. The summed E-state index contributed by atoms with van der Waals surface area (Å²) in [5.41, 5.74) is 21.4. The number of rotatable bonds is 10. The zero-order valence-electron chi connectivity index (χ0n) is 23.9. The number of hydrogen-bond acceptors (Lipinski definition) is 13. The van der Waals surface area contributed by atoms with Crippen molar-refractivity contribution in [3.63, 3.8) is 0 Å². The Bertz CT molecular complexity index is 1720. The quantitative estimate of drug-likeness (QED) is 0.0523. The Hall–Kier alpha value is -4.35. The molecule has 0 spiro atoms. The molecule has 0 bridgehead atoms. The molecule has 1 fully saturated rings. The lowest BCUT2D eigenvalue weighted by atomic mass is 10.0. The molecule has 1 saturated heterocycles. The fraction of sp³-hybridized carbons (Fsp3) is 0.296. The summed E-state index contributed by atoms with van der Waals surface area (Å²) in [7, 11) is 0. The predicted molar refractivity (Wildman–Crippen MR) is 169 cm³/mol. The Balaban J connectivity index is 1.37. The molecule has 17 heteroatoms. The van der Waals surface area contributed by atoms with Crippen LogP contribution in [0, 0.1) is 13.8 Å². The number of benzene rings is 1. The first kappa shape index (κ1) is 31.1. The van der Waals surface area contributed by atoms with E-state index in [9.17, 15) is 19.5 Å². The monoisotopic (exact) mass is 656 g/mol. The third-order valence-corrected chi connectivity index (χ3v) is 9.78. The van der Waals surface area contributed by atoms with Gasteiger partial charge < -0.3 is 32.5 Å². The average Bonchev–Trinajstić information content (AvgIpc) is 3.40. The molecule has 0 saturated carbocycles. The minimum absolute atomic E-state index is 0.123. The van der Waals surface area contributed by atoms with Crippen molar-refractivity contribution < 1.29 is 28.9 Å². The molecule has 2 aromatic heterocycles. The number of aliphatic carboxylic acids is 1. The molecule has 14 nitrogen and oxygen atoms in total. The van der Waals surface area contributed by atoms with Crippen LogP contribution in [-0.4, -0.2) is 73.0 Å². The summed E-state index contributed by atoms with van der Waals surface area (Å²) >= 11 is 3.74. The Kier molecular flexibility index (Phi) is 8.98. The van der Waals surface area contributed by atoms with E-state index in [1.54, 1.807) is 22.9 Å². The summed E-state index contributed by atoms with van der Waals surface area (Å²) in [5, 5.41) is 18.3. The number of carbonyl (C=O) groups is 3. The van der Waals surface area contributed by atoms with E-state index in [1.165, 1.54) is 28.4 Å². The molecule has 2 atom stereocenters. The second-order valence-electron chi connectivity index (χ2n) is 9.85. The normalized spacial score (nSPS) is 18.1. The number of nitrogen functional groups attached to an aromatic ring is 3. The molecule has 8 N–H and O–H groups in total. The number of carboxylic acids is 1. The molecule has 0 aliphatic carbocycles.